The fourth-order valence-electron chi connectivity index (χ4n) is 5.03. The largest absolute Gasteiger partial charge is 0.352 e. The Hall–Kier alpha value is -0.860. The van der Waals surface area contributed by atoms with Crippen molar-refractivity contribution in [3.63, 3.8) is 0 Å². The van der Waals surface area contributed by atoms with Crippen LogP contribution in [-0.4, -0.2) is 25.2 Å². The first kappa shape index (κ1) is 16.0. The van der Waals surface area contributed by atoms with Gasteiger partial charge in [-0.3, -0.25) is 4.90 Å². The fourth-order valence-corrected chi connectivity index (χ4v) is 5.03. The standard InChI is InChI=1S/C20H31NO/c1-15(21(5)6)22-20(16-10-8-7-9-11-16)14-17-12-13-19(20,4)18(17,2)3/h7-11,15,17H,12-14H2,1-6H3/t15?,17-,19-,20+/m1/s1. The van der Waals surface area contributed by atoms with Crippen LogP contribution in [0.15, 0.2) is 30.3 Å². The van der Waals surface area contributed by atoms with Crippen molar-refractivity contribution < 1.29 is 4.74 Å². The van der Waals surface area contributed by atoms with Gasteiger partial charge in [-0.05, 0) is 57.2 Å². The predicted molar refractivity (Wildman–Crippen MR) is 91.6 cm³/mol. The molecule has 0 radical (unpaired) electrons. The monoisotopic (exact) mass is 301 g/mol. The molecule has 0 N–H and O–H groups in total. The molecule has 0 aromatic heterocycles. The third-order valence-corrected chi connectivity index (χ3v) is 7.20. The van der Waals surface area contributed by atoms with Crippen LogP contribution >= 0.6 is 0 Å². The van der Waals surface area contributed by atoms with Gasteiger partial charge >= 0.3 is 0 Å². The summed E-state index contributed by atoms with van der Waals surface area (Å²) < 4.78 is 6.84. The summed E-state index contributed by atoms with van der Waals surface area (Å²) in [6, 6.07) is 11.0. The summed E-state index contributed by atoms with van der Waals surface area (Å²) in [7, 11) is 4.20. The molecule has 0 saturated heterocycles. The van der Waals surface area contributed by atoms with Crippen LogP contribution in [-0.2, 0) is 10.3 Å². The Morgan fingerprint density at radius 1 is 1.14 bits per heavy atom. The van der Waals surface area contributed by atoms with Crippen LogP contribution in [0.2, 0.25) is 0 Å². The van der Waals surface area contributed by atoms with Crippen molar-refractivity contribution in [3.8, 4) is 0 Å². The minimum atomic E-state index is -0.162. The molecule has 2 heteroatoms. The molecule has 2 aliphatic rings. The molecule has 3 rings (SSSR count). The summed E-state index contributed by atoms with van der Waals surface area (Å²) in [4.78, 5) is 2.17. The lowest BCUT2D eigenvalue weighted by Crippen LogP contribution is -2.50. The summed E-state index contributed by atoms with van der Waals surface area (Å²) in [6.45, 7) is 9.56. The average Bonchev–Trinajstić information content (AvgIpc) is 2.80. The number of hydrogen-bond donors (Lipinski definition) is 0. The Labute approximate surface area is 135 Å². The molecule has 122 valence electrons. The maximum atomic E-state index is 6.84. The van der Waals surface area contributed by atoms with Crippen LogP contribution in [0.25, 0.3) is 0 Å². The third-order valence-electron chi connectivity index (χ3n) is 7.20. The predicted octanol–water partition coefficient (Wildman–Crippen LogP) is 4.65. The Kier molecular flexibility index (Phi) is 3.69. The van der Waals surface area contributed by atoms with E-state index < -0.39 is 0 Å². The summed E-state index contributed by atoms with van der Waals surface area (Å²) in [5.74, 6) is 0.757. The maximum Gasteiger partial charge on any atom is 0.108 e. The zero-order valence-electron chi connectivity index (χ0n) is 15.0. The maximum absolute atomic E-state index is 6.84. The topological polar surface area (TPSA) is 12.5 Å². The summed E-state index contributed by atoms with van der Waals surface area (Å²) in [5, 5.41) is 0. The van der Waals surface area contributed by atoms with E-state index in [1.807, 2.05) is 0 Å². The minimum Gasteiger partial charge on any atom is -0.352 e. The van der Waals surface area contributed by atoms with Gasteiger partial charge in [-0.25, -0.2) is 0 Å². The number of fused-ring (bicyclic) bond motifs is 2. The van der Waals surface area contributed by atoms with Gasteiger partial charge < -0.3 is 4.74 Å². The van der Waals surface area contributed by atoms with Crippen molar-refractivity contribution in [2.75, 3.05) is 14.1 Å². The number of ether oxygens (including phenoxy) is 1. The lowest BCUT2D eigenvalue weighted by Gasteiger charge is -2.50. The summed E-state index contributed by atoms with van der Waals surface area (Å²) >= 11 is 0. The van der Waals surface area contributed by atoms with Crippen LogP contribution < -0.4 is 0 Å². The van der Waals surface area contributed by atoms with Gasteiger partial charge in [-0.15, -0.1) is 0 Å². The molecule has 1 unspecified atom stereocenters. The number of hydrogen-bond acceptors (Lipinski definition) is 2. The first-order valence-electron chi connectivity index (χ1n) is 8.64. The molecule has 0 heterocycles. The molecule has 2 bridgehead atoms. The van der Waals surface area contributed by atoms with Gasteiger partial charge in [0.1, 0.15) is 11.8 Å². The second-order valence-corrected chi connectivity index (χ2v) is 8.37. The Balaban J connectivity index is 2.10. The van der Waals surface area contributed by atoms with Gasteiger partial charge in [-0.2, -0.15) is 0 Å². The summed E-state index contributed by atoms with van der Waals surface area (Å²) in [6.07, 6.45) is 3.88. The van der Waals surface area contributed by atoms with Gasteiger partial charge in [-0.1, -0.05) is 51.1 Å². The van der Waals surface area contributed by atoms with E-state index >= 15 is 0 Å². The van der Waals surface area contributed by atoms with E-state index in [2.05, 4.69) is 77.0 Å². The SMILES string of the molecule is CC(O[C@]1(c2ccccc2)C[C@H]2CC[C@]1(C)C2(C)C)N(C)C. The highest BCUT2D eigenvalue weighted by Crippen LogP contribution is 2.74. The van der Waals surface area contributed by atoms with E-state index in [1.165, 1.54) is 18.4 Å². The molecule has 2 saturated carbocycles. The van der Waals surface area contributed by atoms with Gasteiger partial charge in [0.15, 0.2) is 0 Å². The minimum absolute atomic E-state index is 0.118. The van der Waals surface area contributed by atoms with Gasteiger partial charge in [0.25, 0.3) is 0 Å². The van der Waals surface area contributed by atoms with E-state index in [1.54, 1.807) is 0 Å². The van der Waals surface area contributed by atoms with Crippen LogP contribution in [0, 0.1) is 16.7 Å². The van der Waals surface area contributed by atoms with E-state index in [4.69, 9.17) is 4.74 Å². The molecule has 22 heavy (non-hydrogen) atoms. The normalized spacial score (nSPS) is 37.7. The van der Waals surface area contributed by atoms with Crippen LogP contribution in [0.3, 0.4) is 0 Å². The number of nitrogens with zero attached hydrogens (tertiary/aromatic N) is 1. The van der Waals surface area contributed by atoms with Crippen LogP contribution in [0.5, 0.6) is 0 Å². The van der Waals surface area contributed by atoms with Gasteiger partial charge in [0.05, 0.1) is 0 Å². The van der Waals surface area contributed by atoms with Gasteiger partial charge in [0, 0.05) is 5.41 Å². The molecule has 0 spiro atoms. The highest BCUT2D eigenvalue weighted by molar-refractivity contribution is 5.32. The molecular formula is C20H31NO. The molecule has 1 aromatic rings. The van der Waals surface area contributed by atoms with E-state index in [-0.39, 0.29) is 17.2 Å². The molecule has 2 fully saturated rings. The number of rotatable bonds is 4. The zero-order chi connectivity index (χ0) is 16.2. The van der Waals surface area contributed by atoms with Crippen molar-refractivity contribution >= 4 is 0 Å². The van der Waals surface area contributed by atoms with Crippen LogP contribution in [0.4, 0.5) is 0 Å². The highest BCUT2D eigenvalue weighted by Gasteiger charge is 2.70. The molecule has 1 aromatic carbocycles. The van der Waals surface area contributed by atoms with Crippen molar-refractivity contribution in [1.29, 1.82) is 0 Å². The third kappa shape index (κ3) is 1.93. The first-order chi connectivity index (χ1) is 10.2. The van der Waals surface area contributed by atoms with Gasteiger partial charge in [0.2, 0.25) is 0 Å². The second kappa shape index (κ2) is 5.07. The fraction of sp³-hybridized carbons (Fsp3) is 0.700. The average molecular weight is 301 g/mol. The molecular weight excluding hydrogens is 270 g/mol. The molecule has 4 atom stereocenters. The van der Waals surface area contributed by atoms with E-state index in [9.17, 15) is 0 Å². The van der Waals surface area contributed by atoms with Crippen molar-refractivity contribution in [2.45, 2.75) is 58.8 Å². The Morgan fingerprint density at radius 3 is 2.23 bits per heavy atom. The van der Waals surface area contributed by atoms with E-state index in [0.717, 1.165) is 12.3 Å². The van der Waals surface area contributed by atoms with Crippen molar-refractivity contribution in [1.82, 2.24) is 4.90 Å². The lowest BCUT2D eigenvalue weighted by atomic mass is 9.62. The van der Waals surface area contributed by atoms with Crippen molar-refractivity contribution in [2.24, 2.45) is 16.7 Å². The lowest BCUT2D eigenvalue weighted by molar-refractivity contribution is -0.203. The molecule has 2 nitrogen and oxygen atoms in total. The van der Waals surface area contributed by atoms with Crippen molar-refractivity contribution in [3.05, 3.63) is 35.9 Å². The Bertz CT molecular complexity index is 538. The molecule has 2 aliphatic carbocycles. The zero-order valence-corrected chi connectivity index (χ0v) is 15.0. The highest BCUT2D eigenvalue weighted by atomic mass is 16.5. The van der Waals surface area contributed by atoms with Crippen LogP contribution in [0.1, 0.15) is 52.5 Å². The molecule has 0 aliphatic heterocycles. The number of benzene rings is 1. The first-order valence-corrected chi connectivity index (χ1v) is 8.64. The Morgan fingerprint density at radius 2 is 1.77 bits per heavy atom. The summed E-state index contributed by atoms with van der Waals surface area (Å²) in [5.41, 5.74) is 1.72. The van der Waals surface area contributed by atoms with E-state index in [0.29, 0.717) is 5.41 Å². The smallest absolute Gasteiger partial charge is 0.108 e. The second-order valence-electron chi connectivity index (χ2n) is 8.37. The molecule has 0 amide bonds. The quantitative estimate of drug-likeness (QED) is 0.750.